The largest absolute Gasteiger partial charge is 0.389 e. The van der Waals surface area contributed by atoms with Crippen LogP contribution in [0, 0.1) is 0 Å². The number of aliphatic hydroxyl groups is 1. The van der Waals surface area contributed by atoms with Crippen LogP contribution in [-0.2, 0) is 0 Å². The van der Waals surface area contributed by atoms with Crippen molar-refractivity contribution in [2.24, 2.45) is 0 Å². The summed E-state index contributed by atoms with van der Waals surface area (Å²) in [4.78, 5) is 2.08. The molecule has 19 heavy (non-hydrogen) atoms. The van der Waals surface area contributed by atoms with Crippen molar-refractivity contribution in [1.29, 1.82) is 0 Å². The van der Waals surface area contributed by atoms with Crippen LogP contribution in [-0.4, -0.2) is 30.8 Å². The molecular formula is C16H28N2O. The molecule has 0 radical (unpaired) electrons. The van der Waals surface area contributed by atoms with Gasteiger partial charge >= 0.3 is 0 Å². The maximum atomic E-state index is 9.85. The van der Waals surface area contributed by atoms with E-state index >= 15 is 0 Å². The highest BCUT2D eigenvalue weighted by atomic mass is 16.3. The third-order valence-corrected chi connectivity index (χ3v) is 3.22. The third kappa shape index (κ3) is 5.21. The summed E-state index contributed by atoms with van der Waals surface area (Å²) in [6.07, 6.45) is 1.09. The predicted molar refractivity (Wildman–Crippen MR) is 82.7 cm³/mol. The molecule has 0 aliphatic heterocycles. The standard InChI is InChI=1S/C16H28N2O/c1-6-15(17-7-2)13-8-10-14(11-9-13)18(5)12-16(3,4)19/h8-11,15,17,19H,6-7,12H2,1-5H3. The van der Waals surface area contributed by atoms with Gasteiger partial charge in [0, 0.05) is 25.3 Å². The van der Waals surface area contributed by atoms with Crippen molar-refractivity contribution in [2.75, 3.05) is 25.0 Å². The quantitative estimate of drug-likeness (QED) is 0.795. The average Bonchev–Trinajstić information content (AvgIpc) is 2.34. The van der Waals surface area contributed by atoms with Crippen molar-refractivity contribution >= 4 is 5.69 Å². The van der Waals surface area contributed by atoms with E-state index in [2.05, 4.69) is 48.3 Å². The topological polar surface area (TPSA) is 35.5 Å². The molecule has 1 atom stereocenters. The first-order valence-electron chi connectivity index (χ1n) is 7.14. The minimum Gasteiger partial charge on any atom is -0.389 e. The van der Waals surface area contributed by atoms with E-state index in [-0.39, 0.29) is 0 Å². The Morgan fingerprint density at radius 1 is 1.21 bits per heavy atom. The van der Waals surface area contributed by atoms with Crippen LogP contribution < -0.4 is 10.2 Å². The summed E-state index contributed by atoms with van der Waals surface area (Å²) in [7, 11) is 2.01. The molecule has 108 valence electrons. The summed E-state index contributed by atoms with van der Waals surface area (Å²) in [5.41, 5.74) is 1.78. The second-order valence-electron chi connectivity index (χ2n) is 5.78. The Hall–Kier alpha value is -1.06. The van der Waals surface area contributed by atoms with Crippen molar-refractivity contribution < 1.29 is 5.11 Å². The predicted octanol–water partition coefficient (Wildman–Crippen LogP) is 2.95. The molecule has 1 unspecified atom stereocenters. The van der Waals surface area contributed by atoms with Gasteiger partial charge in [0.1, 0.15) is 0 Å². The molecule has 0 saturated carbocycles. The monoisotopic (exact) mass is 264 g/mol. The lowest BCUT2D eigenvalue weighted by atomic mass is 10.0. The number of benzene rings is 1. The molecule has 0 saturated heterocycles. The first kappa shape index (κ1) is 16.0. The molecule has 0 aliphatic carbocycles. The number of nitrogens with one attached hydrogen (secondary N) is 1. The number of likely N-dealkylation sites (N-methyl/N-ethyl adjacent to an activating group) is 1. The lowest BCUT2D eigenvalue weighted by molar-refractivity contribution is 0.0886. The normalized spacial score (nSPS) is 13.4. The van der Waals surface area contributed by atoms with Gasteiger partial charge in [0.25, 0.3) is 0 Å². The molecule has 2 N–H and O–H groups in total. The summed E-state index contributed by atoms with van der Waals surface area (Å²) in [5.74, 6) is 0. The summed E-state index contributed by atoms with van der Waals surface area (Å²) in [6, 6.07) is 9.03. The van der Waals surface area contributed by atoms with Crippen molar-refractivity contribution in [3.05, 3.63) is 29.8 Å². The van der Waals surface area contributed by atoms with Crippen LogP contribution in [0.15, 0.2) is 24.3 Å². The van der Waals surface area contributed by atoms with Crippen molar-refractivity contribution in [3.8, 4) is 0 Å². The van der Waals surface area contributed by atoms with Crippen molar-refractivity contribution in [2.45, 2.75) is 45.8 Å². The van der Waals surface area contributed by atoms with Gasteiger partial charge in [0.2, 0.25) is 0 Å². The SMILES string of the molecule is CCNC(CC)c1ccc(N(C)CC(C)(C)O)cc1. The van der Waals surface area contributed by atoms with Crippen LogP contribution in [0.4, 0.5) is 5.69 Å². The summed E-state index contributed by atoms with van der Waals surface area (Å²) < 4.78 is 0. The van der Waals surface area contributed by atoms with Crippen molar-refractivity contribution in [3.63, 3.8) is 0 Å². The van der Waals surface area contributed by atoms with Crippen LogP contribution >= 0.6 is 0 Å². The molecule has 0 spiro atoms. The zero-order valence-electron chi connectivity index (χ0n) is 12.9. The maximum Gasteiger partial charge on any atom is 0.0765 e. The molecular weight excluding hydrogens is 236 g/mol. The van der Waals surface area contributed by atoms with E-state index in [4.69, 9.17) is 0 Å². The average molecular weight is 264 g/mol. The van der Waals surface area contributed by atoms with Gasteiger partial charge in [-0.25, -0.2) is 0 Å². The number of anilines is 1. The fourth-order valence-electron chi connectivity index (χ4n) is 2.38. The Bertz CT molecular complexity index is 367. The maximum absolute atomic E-state index is 9.85. The van der Waals surface area contributed by atoms with Crippen LogP contribution in [0.5, 0.6) is 0 Å². The highest BCUT2D eigenvalue weighted by Crippen LogP contribution is 2.21. The fourth-order valence-corrected chi connectivity index (χ4v) is 2.38. The molecule has 0 heterocycles. The van der Waals surface area contributed by atoms with Gasteiger partial charge in [0.15, 0.2) is 0 Å². The third-order valence-electron chi connectivity index (χ3n) is 3.22. The van der Waals surface area contributed by atoms with Gasteiger partial charge in [-0.1, -0.05) is 26.0 Å². The van der Waals surface area contributed by atoms with Gasteiger partial charge in [-0.2, -0.15) is 0 Å². The number of hydrogen-bond acceptors (Lipinski definition) is 3. The molecule has 0 amide bonds. The molecule has 1 aromatic carbocycles. The molecule has 0 fully saturated rings. The molecule has 0 aliphatic rings. The highest BCUT2D eigenvalue weighted by Gasteiger charge is 2.16. The van der Waals surface area contributed by atoms with Crippen LogP contribution in [0.2, 0.25) is 0 Å². The molecule has 1 aromatic rings. The van der Waals surface area contributed by atoms with Crippen LogP contribution in [0.25, 0.3) is 0 Å². The fraction of sp³-hybridized carbons (Fsp3) is 0.625. The first-order chi connectivity index (χ1) is 8.87. The number of hydrogen-bond donors (Lipinski definition) is 2. The van der Waals surface area contributed by atoms with E-state index in [1.54, 1.807) is 0 Å². The zero-order chi connectivity index (χ0) is 14.5. The van der Waals surface area contributed by atoms with Crippen LogP contribution in [0.3, 0.4) is 0 Å². The second kappa shape index (κ2) is 6.92. The van der Waals surface area contributed by atoms with E-state index in [1.165, 1.54) is 5.56 Å². The lowest BCUT2D eigenvalue weighted by Crippen LogP contribution is -2.36. The smallest absolute Gasteiger partial charge is 0.0765 e. The van der Waals surface area contributed by atoms with Crippen LogP contribution in [0.1, 0.15) is 45.7 Å². The Morgan fingerprint density at radius 2 is 1.79 bits per heavy atom. The summed E-state index contributed by atoms with van der Waals surface area (Å²) in [5, 5.41) is 13.3. The van der Waals surface area contributed by atoms with Gasteiger partial charge in [-0.05, 0) is 44.5 Å². The summed E-state index contributed by atoms with van der Waals surface area (Å²) >= 11 is 0. The van der Waals surface area contributed by atoms with E-state index in [9.17, 15) is 5.11 Å². The Balaban J connectivity index is 2.75. The Kier molecular flexibility index (Phi) is 5.83. The highest BCUT2D eigenvalue weighted by molar-refractivity contribution is 5.47. The first-order valence-corrected chi connectivity index (χ1v) is 7.14. The molecule has 1 rings (SSSR count). The zero-order valence-corrected chi connectivity index (χ0v) is 12.9. The van der Waals surface area contributed by atoms with Gasteiger partial charge in [-0.3, -0.25) is 0 Å². The number of nitrogens with zero attached hydrogens (tertiary/aromatic N) is 1. The minimum absolute atomic E-state index is 0.429. The van der Waals surface area contributed by atoms with E-state index < -0.39 is 5.60 Å². The van der Waals surface area contributed by atoms with Crippen molar-refractivity contribution in [1.82, 2.24) is 5.32 Å². The Labute approximate surface area is 117 Å². The lowest BCUT2D eigenvalue weighted by Gasteiger charge is -2.27. The Morgan fingerprint density at radius 3 is 2.21 bits per heavy atom. The second-order valence-corrected chi connectivity index (χ2v) is 5.78. The molecule has 0 aromatic heterocycles. The molecule has 0 bridgehead atoms. The molecule has 3 nitrogen and oxygen atoms in total. The van der Waals surface area contributed by atoms with E-state index in [0.717, 1.165) is 18.7 Å². The summed E-state index contributed by atoms with van der Waals surface area (Å²) in [6.45, 7) is 9.59. The van der Waals surface area contributed by atoms with E-state index in [1.807, 2.05) is 20.9 Å². The van der Waals surface area contributed by atoms with Gasteiger partial charge in [0.05, 0.1) is 5.60 Å². The molecule has 3 heteroatoms. The van der Waals surface area contributed by atoms with Gasteiger partial charge < -0.3 is 15.3 Å². The minimum atomic E-state index is -0.677. The van der Waals surface area contributed by atoms with E-state index in [0.29, 0.717) is 12.6 Å². The van der Waals surface area contributed by atoms with Gasteiger partial charge in [-0.15, -0.1) is 0 Å². The number of rotatable bonds is 7.